The van der Waals surface area contributed by atoms with Crippen LogP contribution in [-0.2, 0) is 12.0 Å². The lowest BCUT2D eigenvalue weighted by Crippen LogP contribution is -2.45. The van der Waals surface area contributed by atoms with Crippen molar-refractivity contribution in [1.82, 2.24) is 4.98 Å². The van der Waals surface area contributed by atoms with Crippen molar-refractivity contribution in [3.05, 3.63) is 23.4 Å². The molecule has 1 aliphatic rings. The summed E-state index contributed by atoms with van der Waals surface area (Å²) in [4.78, 5) is 7.25. The number of nitrogens with zero attached hydrogens (tertiary/aromatic N) is 2. The quantitative estimate of drug-likeness (QED) is 0.909. The summed E-state index contributed by atoms with van der Waals surface area (Å²) >= 11 is 2.03. The van der Waals surface area contributed by atoms with Gasteiger partial charge in [-0.1, -0.05) is 27.7 Å². The summed E-state index contributed by atoms with van der Waals surface area (Å²) < 4.78 is 0. The fourth-order valence-electron chi connectivity index (χ4n) is 2.45. The van der Waals surface area contributed by atoms with E-state index in [0.29, 0.717) is 11.3 Å². The van der Waals surface area contributed by atoms with Crippen molar-refractivity contribution < 1.29 is 5.11 Å². The third-order valence-corrected chi connectivity index (χ3v) is 5.34. The molecule has 0 saturated carbocycles. The SMILES string of the molecule is CC1SCCN(c2cc(CO)cc(C(C)(C)C)n2)C1C. The molecule has 2 heterocycles. The van der Waals surface area contributed by atoms with E-state index in [-0.39, 0.29) is 12.0 Å². The van der Waals surface area contributed by atoms with Crippen molar-refractivity contribution in [2.75, 3.05) is 17.2 Å². The molecule has 0 radical (unpaired) electrons. The van der Waals surface area contributed by atoms with Crippen LogP contribution in [0.5, 0.6) is 0 Å². The summed E-state index contributed by atoms with van der Waals surface area (Å²) in [6.07, 6.45) is 0. The second-order valence-electron chi connectivity index (χ2n) is 6.64. The zero-order valence-corrected chi connectivity index (χ0v) is 14.0. The van der Waals surface area contributed by atoms with Gasteiger partial charge in [-0.25, -0.2) is 4.98 Å². The van der Waals surface area contributed by atoms with Gasteiger partial charge in [-0.05, 0) is 24.6 Å². The van der Waals surface area contributed by atoms with E-state index in [9.17, 15) is 5.11 Å². The molecule has 3 nitrogen and oxygen atoms in total. The maximum Gasteiger partial charge on any atom is 0.129 e. The van der Waals surface area contributed by atoms with Crippen molar-refractivity contribution in [2.24, 2.45) is 0 Å². The summed E-state index contributed by atoms with van der Waals surface area (Å²) in [5.41, 5.74) is 2.01. The molecule has 1 saturated heterocycles. The van der Waals surface area contributed by atoms with Crippen LogP contribution in [0.2, 0.25) is 0 Å². The van der Waals surface area contributed by atoms with Gasteiger partial charge in [-0.2, -0.15) is 11.8 Å². The van der Waals surface area contributed by atoms with Crippen LogP contribution in [0.15, 0.2) is 12.1 Å². The minimum Gasteiger partial charge on any atom is -0.392 e. The minimum atomic E-state index is -0.000674. The van der Waals surface area contributed by atoms with Crippen molar-refractivity contribution in [1.29, 1.82) is 0 Å². The highest BCUT2D eigenvalue weighted by Crippen LogP contribution is 2.30. The first-order chi connectivity index (χ1) is 9.32. The Kier molecular flexibility index (Phi) is 4.65. The normalized spacial score (nSPS) is 24.0. The summed E-state index contributed by atoms with van der Waals surface area (Å²) in [6.45, 7) is 12.1. The first kappa shape index (κ1) is 15.6. The smallest absolute Gasteiger partial charge is 0.129 e. The Labute approximate surface area is 126 Å². The number of aromatic nitrogens is 1. The maximum atomic E-state index is 9.52. The molecule has 2 rings (SSSR count). The molecule has 0 spiro atoms. The van der Waals surface area contributed by atoms with Crippen molar-refractivity contribution in [3.8, 4) is 0 Å². The Morgan fingerprint density at radius 1 is 1.35 bits per heavy atom. The molecule has 2 atom stereocenters. The Morgan fingerprint density at radius 2 is 2.05 bits per heavy atom. The molecule has 0 bridgehead atoms. The molecule has 20 heavy (non-hydrogen) atoms. The lowest BCUT2D eigenvalue weighted by atomic mass is 9.90. The molecule has 1 aromatic rings. The molecule has 0 aliphatic carbocycles. The molecule has 0 amide bonds. The largest absolute Gasteiger partial charge is 0.392 e. The third kappa shape index (κ3) is 3.29. The highest BCUT2D eigenvalue weighted by molar-refractivity contribution is 8.00. The van der Waals surface area contributed by atoms with Gasteiger partial charge in [0.25, 0.3) is 0 Å². The molecule has 112 valence electrons. The van der Waals surface area contributed by atoms with Gasteiger partial charge in [0, 0.05) is 34.7 Å². The Morgan fingerprint density at radius 3 is 2.65 bits per heavy atom. The topological polar surface area (TPSA) is 36.4 Å². The highest BCUT2D eigenvalue weighted by atomic mass is 32.2. The first-order valence-corrected chi connectivity index (χ1v) is 8.38. The standard InChI is InChI=1S/C16H26N2OS/c1-11-12(2)20-7-6-18(11)15-9-13(10-19)8-14(17-15)16(3,4)5/h8-9,11-12,19H,6-7,10H2,1-5H3. The molecule has 1 aromatic heterocycles. The van der Waals surface area contributed by atoms with Gasteiger partial charge in [0.05, 0.1) is 6.61 Å². The molecular formula is C16H26N2OS. The van der Waals surface area contributed by atoms with Gasteiger partial charge in [0.1, 0.15) is 5.82 Å². The van der Waals surface area contributed by atoms with E-state index in [1.165, 1.54) is 0 Å². The Balaban J connectivity index is 2.40. The fraction of sp³-hybridized carbons (Fsp3) is 0.688. The fourth-order valence-corrected chi connectivity index (χ4v) is 3.55. The van der Waals surface area contributed by atoms with E-state index in [2.05, 4.69) is 39.5 Å². The van der Waals surface area contributed by atoms with Crippen molar-refractivity contribution in [3.63, 3.8) is 0 Å². The minimum absolute atomic E-state index is 0.000674. The van der Waals surface area contributed by atoms with Crippen LogP contribution in [0.1, 0.15) is 45.9 Å². The predicted molar refractivity (Wildman–Crippen MR) is 87.6 cm³/mol. The Bertz CT molecular complexity index is 470. The van der Waals surface area contributed by atoms with Crippen molar-refractivity contribution in [2.45, 2.75) is 57.9 Å². The zero-order chi connectivity index (χ0) is 14.9. The number of aliphatic hydroxyl groups excluding tert-OH is 1. The lowest BCUT2D eigenvalue weighted by Gasteiger charge is -2.39. The lowest BCUT2D eigenvalue weighted by molar-refractivity contribution is 0.281. The summed E-state index contributed by atoms with van der Waals surface area (Å²) in [5, 5.41) is 10.1. The van der Waals surface area contributed by atoms with Crippen LogP contribution >= 0.6 is 11.8 Å². The number of aliphatic hydroxyl groups is 1. The molecule has 0 aromatic carbocycles. The van der Waals surface area contributed by atoms with Crippen LogP contribution in [0.4, 0.5) is 5.82 Å². The average Bonchev–Trinajstić information content (AvgIpc) is 2.40. The van der Waals surface area contributed by atoms with Gasteiger partial charge in [-0.3, -0.25) is 0 Å². The van der Waals surface area contributed by atoms with Crippen LogP contribution in [0.3, 0.4) is 0 Å². The predicted octanol–water partition coefficient (Wildman–Crippen LogP) is 3.20. The van der Waals surface area contributed by atoms with Gasteiger partial charge in [0.2, 0.25) is 0 Å². The number of pyridine rings is 1. The van der Waals surface area contributed by atoms with Gasteiger partial charge in [0.15, 0.2) is 0 Å². The second-order valence-corrected chi connectivity index (χ2v) is 8.12. The van der Waals surface area contributed by atoms with E-state index in [1.807, 2.05) is 23.9 Å². The maximum absolute atomic E-state index is 9.52. The van der Waals surface area contributed by atoms with Crippen LogP contribution in [0.25, 0.3) is 0 Å². The molecule has 4 heteroatoms. The van der Waals surface area contributed by atoms with E-state index >= 15 is 0 Å². The van der Waals surface area contributed by atoms with Gasteiger partial charge >= 0.3 is 0 Å². The van der Waals surface area contributed by atoms with Crippen LogP contribution < -0.4 is 4.90 Å². The first-order valence-electron chi connectivity index (χ1n) is 7.33. The van der Waals surface area contributed by atoms with Crippen molar-refractivity contribution >= 4 is 17.6 Å². The summed E-state index contributed by atoms with van der Waals surface area (Å²) in [5.74, 6) is 2.16. The zero-order valence-electron chi connectivity index (χ0n) is 13.2. The number of rotatable bonds is 2. The monoisotopic (exact) mass is 294 g/mol. The van der Waals surface area contributed by atoms with Crippen LogP contribution in [0, 0.1) is 0 Å². The molecular weight excluding hydrogens is 268 g/mol. The summed E-state index contributed by atoms with van der Waals surface area (Å²) in [6, 6.07) is 4.54. The number of hydrogen-bond acceptors (Lipinski definition) is 4. The van der Waals surface area contributed by atoms with E-state index in [1.54, 1.807) is 0 Å². The summed E-state index contributed by atoms with van der Waals surface area (Å²) in [7, 11) is 0. The molecule has 2 unspecified atom stereocenters. The number of thioether (sulfide) groups is 1. The highest BCUT2D eigenvalue weighted by Gasteiger charge is 2.27. The third-order valence-electron chi connectivity index (χ3n) is 4.00. The number of hydrogen-bond donors (Lipinski definition) is 1. The molecule has 1 aliphatic heterocycles. The van der Waals surface area contributed by atoms with E-state index < -0.39 is 0 Å². The van der Waals surface area contributed by atoms with Gasteiger partial charge in [-0.15, -0.1) is 0 Å². The van der Waals surface area contributed by atoms with E-state index in [4.69, 9.17) is 4.98 Å². The Hall–Kier alpha value is -0.740. The van der Waals surface area contributed by atoms with Crippen LogP contribution in [-0.4, -0.2) is 33.7 Å². The average molecular weight is 294 g/mol. The molecule has 1 N–H and O–H groups in total. The van der Waals surface area contributed by atoms with E-state index in [0.717, 1.165) is 29.4 Å². The number of anilines is 1. The molecule has 1 fully saturated rings. The second kappa shape index (κ2) is 5.94. The van der Waals surface area contributed by atoms with Gasteiger partial charge < -0.3 is 10.0 Å².